The monoisotopic (exact) mass is 372 g/mol. The molecule has 5 heteroatoms. The van der Waals surface area contributed by atoms with Gasteiger partial charge >= 0.3 is 0 Å². The van der Waals surface area contributed by atoms with E-state index in [1.165, 1.54) is 24.8 Å². The van der Waals surface area contributed by atoms with E-state index in [4.69, 9.17) is 4.74 Å². The summed E-state index contributed by atoms with van der Waals surface area (Å²) in [5.41, 5.74) is 2.37. The summed E-state index contributed by atoms with van der Waals surface area (Å²) in [4.78, 5) is 29.1. The zero-order valence-electron chi connectivity index (χ0n) is 16.7. The van der Waals surface area contributed by atoms with E-state index in [2.05, 4.69) is 6.92 Å². The predicted octanol–water partition coefficient (Wildman–Crippen LogP) is 3.32. The van der Waals surface area contributed by atoms with Crippen molar-refractivity contribution in [2.24, 2.45) is 5.92 Å². The molecule has 0 bridgehead atoms. The molecule has 0 aromatic heterocycles. The van der Waals surface area contributed by atoms with Gasteiger partial charge in [0.25, 0.3) is 5.91 Å². The zero-order chi connectivity index (χ0) is 19.2. The van der Waals surface area contributed by atoms with Gasteiger partial charge in [-0.05, 0) is 56.4 Å². The van der Waals surface area contributed by atoms with Crippen LogP contribution in [0.15, 0.2) is 18.2 Å². The average Bonchev–Trinajstić information content (AvgIpc) is 2.95. The van der Waals surface area contributed by atoms with Crippen molar-refractivity contribution in [3.8, 4) is 5.75 Å². The number of hydrogen-bond acceptors (Lipinski definition) is 3. The van der Waals surface area contributed by atoms with Crippen molar-refractivity contribution in [2.75, 3.05) is 32.8 Å². The maximum Gasteiger partial charge on any atom is 0.260 e. The van der Waals surface area contributed by atoms with Gasteiger partial charge in [-0.3, -0.25) is 9.59 Å². The molecular formula is C22H32N2O3. The fourth-order valence-electron chi connectivity index (χ4n) is 4.04. The van der Waals surface area contributed by atoms with Gasteiger partial charge in [0.15, 0.2) is 6.61 Å². The van der Waals surface area contributed by atoms with Crippen LogP contribution in [0.1, 0.15) is 49.7 Å². The topological polar surface area (TPSA) is 49.9 Å². The van der Waals surface area contributed by atoms with E-state index in [1.54, 1.807) is 0 Å². The molecule has 1 aliphatic heterocycles. The lowest BCUT2D eigenvalue weighted by atomic mass is 9.88. The van der Waals surface area contributed by atoms with Crippen LogP contribution < -0.4 is 4.74 Å². The largest absolute Gasteiger partial charge is 0.484 e. The molecule has 1 aromatic rings. The minimum Gasteiger partial charge on any atom is -0.484 e. The first-order valence-electron chi connectivity index (χ1n) is 10.3. The molecule has 2 amide bonds. The Balaban J connectivity index is 1.48. The van der Waals surface area contributed by atoms with E-state index in [0.717, 1.165) is 37.1 Å². The van der Waals surface area contributed by atoms with Crippen molar-refractivity contribution in [3.63, 3.8) is 0 Å². The Morgan fingerprint density at radius 3 is 2.37 bits per heavy atom. The van der Waals surface area contributed by atoms with Crippen LogP contribution >= 0.6 is 0 Å². The summed E-state index contributed by atoms with van der Waals surface area (Å²) in [5.74, 6) is 1.24. The van der Waals surface area contributed by atoms with Crippen LogP contribution in [-0.4, -0.2) is 54.4 Å². The molecule has 27 heavy (non-hydrogen) atoms. The molecule has 5 nitrogen and oxygen atoms in total. The molecule has 1 aliphatic carbocycles. The van der Waals surface area contributed by atoms with E-state index in [0.29, 0.717) is 25.5 Å². The Bertz CT molecular complexity index is 668. The first kappa shape index (κ1) is 19.7. The fourth-order valence-corrected chi connectivity index (χ4v) is 4.04. The Labute approximate surface area is 162 Å². The van der Waals surface area contributed by atoms with Gasteiger partial charge in [-0.2, -0.15) is 0 Å². The van der Waals surface area contributed by atoms with Crippen LogP contribution in [0.4, 0.5) is 0 Å². The van der Waals surface area contributed by atoms with Crippen molar-refractivity contribution in [1.82, 2.24) is 9.80 Å². The van der Waals surface area contributed by atoms with Crippen molar-refractivity contribution in [1.29, 1.82) is 0 Å². The lowest BCUT2D eigenvalue weighted by molar-refractivity contribution is -0.137. The number of ether oxygens (including phenoxy) is 1. The maximum atomic E-state index is 12.8. The number of amides is 2. The predicted molar refractivity (Wildman–Crippen MR) is 106 cm³/mol. The molecule has 0 radical (unpaired) electrons. The highest BCUT2D eigenvalue weighted by Crippen LogP contribution is 2.26. The van der Waals surface area contributed by atoms with E-state index < -0.39 is 0 Å². The number of benzene rings is 1. The Morgan fingerprint density at radius 1 is 0.926 bits per heavy atom. The van der Waals surface area contributed by atoms with E-state index >= 15 is 0 Å². The van der Waals surface area contributed by atoms with Crippen LogP contribution in [0.3, 0.4) is 0 Å². The highest BCUT2D eigenvalue weighted by molar-refractivity contribution is 5.80. The first-order valence-corrected chi connectivity index (χ1v) is 10.3. The molecule has 1 saturated carbocycles. The van der Waals surface area contributed by atoms with Gasteiger partial charge in [0.05, 0.1) is 0 Å². The molecule has 0 unspecified atom stereocenters. The van der Waals surface area contributed by atoms with E-state index in [9.17, 15) is 9.59 Å². The molecule has 2 aliphatic rings. The van der Waals surface area contributed by atoms with Crippen molar-refractivity contribution >= 4 is 11.8 Å². The average molecular weight is 373 g/mol. The van der Waals surface area contributed by atoms with Crippen molar-refractivity contribution in [2.45, 2.75) is 52.4 Å². The van der Waals surface area contributed by atoms with Gasteiger partial charge in [-0.15, -0.1) is 0 Å². The first-order chi connectivity index (χ1) is 13.0. The third-order valence-electron chi connectivity index (χ3n) is 5.96. The number of aryl methyl sites for hydroxylation is 2. The van der Waals surface area contributed by atoms with Crippen molar-refractivity contribution in [3.05, 3.63) is 29.3 Å². The molecule has 0 spiro atoms. The SMILES string of the molecule is Cc1ccc(OCC(=O)N2CCCN(C(=O)C3CCCCC3)CC2)cc1C. The second-order valence-corrected chi connectivity index (χ2v) is 7.93. The molecule has 1 heterocycles. The lowest BCUT2D eigenvalue weighted by Gasteiger charge is -2.28. The molecular weight excluding hydrogens is 340 g/mol. The molecule has 148 valence electrons. The minimum atomic E-state index is 0.000179. The third kappa shape index (κ3) is 5.24. The summed E-state index contributed by atoms with van der Waals surface area (Å²) >= 11 is 0. The summed E-state index contributed by atoms with van der Waals surface area (Å²) in [6, 6.07) is 5.88. The maximum absolute atomic E-state index is 12.8. The number of rotatable bonds is 4. The number of hydrogen-bond donors (Lipinski definition) is 0. The van der Waals surface area contributed by atoms with E-state index in [1.807, 2.05) is 34.9 Å². The van der Waals surface area contributed by atoms with Gasteiger partial charge in [0.2, 0.25) is 5.91 Å². The second kappa shape index (κ2) is 9.25. The van der Waals surface area contributed by atoms with Gasteiger partial charge in [0.1, 0.15) is 5.75 Å². The second-order valence-electron chi connectivity index (χ2n) is 7.93. The van der Waals surface area contributed by atoms with Crippen LogP contribution in [0.5, 0.6) is 5.75 Å². The normalized spacial score (nSPS) is 18.9. The summed E-state index contributed by atoms with van der Waals surface area (Å²) in [7, 11) is 0. The Kier molecular flexibility index (Phi) is 6.75. The summed E-state index contributed by atoms with van der Waals surface area (Å²) < 4.78 is 5.70. The molecule has 1 saturated heterocycles. The minimum absolute atomic E-state index is 0.000179. The quantitative estimate of drug-likeness (QED) is 0.815. The highest BCUT2D eigenvalue weighted by atomic mass is 16.5. The number of carbonyl (C=O) groups is 2. The molecule has 2 fully saturated rings. The number of carbonyl (C=O) groups excluding carboxylic acids is 2. The molecule has 0 N–H and O–H groups in total. The Morgan fingerprint density at radius 2 is 1.63 bits per heavy atom. The summed E-state index contributed by atoms with van der Waals surface area (Å²) in [6.07, 6.45) is 6.50. The van der Waals surface area contributed by atoms with Crippen LogP contribution in [0, 0.1) is 19.8 Å². The fraction of sp³-hybridized carbons (Fsp3) is 0.636. The van der Waals surface area contributed by atoms with Crippen LogP contribution in [0.25, 0.3) is 0 Å². The molecule has 1 aromatic carbocycles. The third-order valence-corrected chi connectivity index (χ3v) is 5.96. The lowest BCUT2D eigenvalue weighted by Crippen LogP contribution is -2.41. The van der Waals surface area contributed by atoms with Gasteiger partial charge in [-0.1, -0.05) is 25.3 Å². The Hall–Kier alpha value is -2.04. The zero-order valence-corrected chi connectivity index (χ0v) is 16.7. The summed E-state index contributed by atoms with van der Waals surface area (Å²) in [6.45, 7) is 6.86. The van der Waals surface area contributed by atoms with Gasteiger partial charge < -0.3 is 14.5 Å². The molecule has 0 atom stereocenters. The van der Waals surface area contributed by atoms with Gasteiger partial charge in [-0.25, -0.2) is 0 Å². The van der Waals surface area contributed by atoms with Crippen LogP contribution in [0.2, 0.25) is 0 Å². The van der Waals surface area contributed by atoms with Crippen LogP contribution in [-0.2, 0) is 9.59 Å². The summed E-state index contributed by atoms with van der Waals surface area (Å²) in [5, 5.41) is 0. The smallest absolute Gasteiger partial charge is 0.260 e. The molecule has 3 rings (SSSR count). The standard InChI is InChI=1S/C22H32N2O3/c1-17-9-10-20(15-18(17)2)27-16-21(25)23-11-6-12-24(14-13-23)22(26)19-7-4-3-5-8-19/h9-10,15,19H,3-8,11-14,16H2,1-2H3. The van der Waals surface area contributed by atoms with Crippen molar-refractivity contribution < 1.29 is 14.3 Å². The van der Waals surface area contributed by atoms with Gasteiger partial charge in [0, 0.05) is 32.1 Å². The highest BCUT2D eigenvalue weighted by Gasteiger charge is 2.28. The number of nitrogens with zero attached hydrogens (tertiary/aromatic N) is 2. The van der Waals surface area contributed by atoms with E-state index in [-0.39, 0.29) is 18.4 Å².